The highest BCUT2D eigenvalue weighted by atomic mass is 35.5. The lowest BCUT2D eigenvalue weighted by atomic mass is 10.1. The zero-order chi connectivity index (χ0) is 22.6. The normalized spacial score (nSPS) is 12.1. The van der Waals surface area contributed by atoms with Crippen LogP contribution in [0.25, 0.3) is 0 Å². The van der Waals surface area contributed by atoms with E-state index in [9.17, 15) is 13.2 Å². The number of ether oxygens (including phenoxy) is 1. The number of nitrogens with one attached hydrogen (secondary N) is 2. The minimum atomic E-state index is -3.79. The third kappa shape index (κ3) is 5.77. The molecule has 3 aromatic carbocycles. The van der Waals surface area contributed by atoms with Crippen LogP contribution < -0.4 is 14.8 Å². The topological polar surface area (TPSA) is 84.5 Å². The van der Waals surface area contributed by atoms with Gasteiger partial charge in [0.2, 0.25) is 0 Å². The summed E-state index contributed by atoms with van der Waals surface area (Å²) in [7, 11) is -3.79. The lowest BCUT2D eigenvalue weighted by Gasteiger charge is -2.17. The molecule has 2 N–H and O–H groups in total. The van der Waals surface area contributed by atoms with Gasteiger partial charge in [0, 0.05) is 10.7 Å². The van der Waals surface area contributed by atoms with Gasteiger partial charge >= 0.3 is 0 Å². The van der Waals surface area contributed by atoms with Crippen LogP contribution in [-0.4, -0.2) is 20.4 Å². The molecule has 0 bridgehead atoms. The van der Waals surface area contributed by atoms with Crippen molar-refractivity contribution in [3.63, 3.8) is 0 Å². The molecular weight excluding hydrogens is 436 g/mol. The summed E-state index contributed by atoms with van der Waals surface area (Å²) in [6, 6.07) is 18.0. The Morgan fingerprint density at radius 2 is 1.65 bits per heavy atom. The van der Waals surface area contributed by atoms with Gasteiger partial charge in [-0.2, -0.15) is 0 Å². The molecule has 1 atom stereocenters. The van der Waals surface area contributed by atoms with Crippen molar-refractivity contribution < 1.29 is 17.9 Å². The molecule has 0 aliphatic rings. The number of hydrogen-bond acceptors (Lipinski definition) is 4. The SMILES string of the molecule is Cc1cccc(O[C@@H](C)C(=O)Nc2ccc(S(=O)(=O)Nc3cccc(Cl)c3)cc2)c1C. The van der Waals surface area contributed by atoms with Crippen LogP contribution >= 0.6 is 11.6 Å². The fourth-order valence-corrected chi connectivity index (χ4v) is 4.06. The van der Waals surface area contributed by atoms with Gasteiger partial charge < -0.3 is 10.1 Å². The number of sulfonamides is 1. The molecule has 6 nitrogen and oxygen atoms in total. The Labute approximate surface area is 187 Å². The van der Waals surface area contributed by atoms with E-state index in [0.717, 1.165) is 11.1 Å². The van der Waals surface area contributed by atoms with Crippen molar-refractivity contribution in [1.82, 2.24) is 0 Å². The molecule has 0 aliphatic heterocycles. The second kappa shape index (κ2) is 9.41. The summed E-state index contributed by atoms with van der Waals surface area (Å²) >= 11 is 5.90. The van der Waals surface area contributed by atoms with Crippen molar-refractivity contribution in [1.29, 1.82) is 0 Å². The highest BCUT2D eigenvalue weighted by Crippen LogP contribution is 2.23. The summed E-state index contributed by atoms with van der Waals surface area (Å²) in [6.07, 6.45) is -0.728. The summed E-state index contributed by atoms with van der Waals surface area (Å²) in [5.74, 6) is 0.310. The Morgan fingerprint density at radius 1 is 0.968 bits per heavy atom. The Hall–Kier alpha value is -3.03. The first-order valence-electron chi connectivity index (χ1n) is 9.58. The number of hydrogen-bond donors (Lipinski definition) is 2. The Morgan fingerprint density at radius 3 is 2.32 bits per heavy atom. The van der Waals surface area contributed by atoms with E-state index < -0.39 is 16.1 Å². The average molecular weight is 459 g/mol. The van der Waals surface area contributed by atoms with Crippen LogP contribution in [0, 0.1) is 13.8 Å². The van der Waals surface area contributed by atoms with Gasteiger partial charge in [-0.05, 0) is 80.4 Å². The van der Waals surface area contributed by atoms with Crippen LogP contribution in [0.5, 0.6) is 5.75 Å². The molecule has 8 heteroatoms. The van der Waals surface area contributed by atoms with E-state index in [-0.39, 0.29) is 10.8 Å². The monoisotopic (exact) mass is 458 g/mol. The number of carbonyl (C=O) groups excluding carboxylic acids is 1. The van der Waals surface area contributed by atoms with E-state index in [0.29, 0.717) is 22.1 Å². The zero-order valence-electron chi connectivity index (χ0n) is 17.3. The van der Waals surface area contributed by atoms with Gasteiger partial charge in [-0.3, -0.25) is 9.52 Å². The first-order chi connectivity index (χ1) is 14.7. The van der Waals surface area contributed by atoms with Gasteiger partial charge in [-0.15, -0.1) is 0 Å². The maximum Gasteiger partial charge on any atom is 0.265 e. The van der Waals surface area contributed by atoms with Crippen LogP contribution in [0.4, 0.5) is 11.4 Å². The number of amides is 1. The summed E-state index contributed by atoms with van der Waals surface area (Å²) in [5, 5.41) is 3.16. The van der Waals surface area contributed by atoms with Gasteiger partial charge in [-0.25, -0.2) is 8.42 Å². The molecule has 0 saturated carbocycles. The van der Waals surface area contributed by atoms with Crippen LogP contribution in [0.15, 0.2) is 71.6 Å². The zero-order valence-corrected chi connectivity index (χ0v) is 18.9. The van der Waals surface area contributed by atoms with E-state index in [1.54, 1.807) is 25.1 Å². The van der Waals surface area contributed by atoms with Crippen molar-refractivity contribution >= 4 is 38.9 Å². The van der Waals surface area contributed by atoms with E-state index in [2.05, 4.69) is 10.0 Å². The standard InChI is InChI=1S/C23H23ClN2O4S/c1-15-6-4-9-22(16(15)2)30-17(3)23(27)25-19-10-12-21(13-11-19)31(28,29)26-20-8-5-7-18(24)14-20/h4-14,17,26H,1-3H3,(H,25,27)/t17-/m0/s1. The predicted octanol–water partition coefficient (Wildman–Crippen LogP) is 5.16. The molecule has 0 unspecified atom stereocenters. The Bertz CT molecular complexity index is 1190. The second-order valence-electron chi connectivity index (χ2n) is 7.09. The Kier molecular flexibility index (Phi) is 6.87. The molecule has 31 heavy (non-hydrogen) atoms. The van der Waals surface area contributed by atoms with Crippen molar-refractivity contribution in [2.24, 2.45) is 0 Å². The Balaban J connectivity index is 1.65. The molecule has 0 aliphatic carbocycles. The largest absolute Gasteiger partial charge is 0.481 e. The summed E-state index contributed by atoms with van der Waals surface area (Å²) in [4.78, 5) is 12.5. The van der Waals surface area contributed by atoms with Gasteiger partial charge in [0.15, 0.2) is 6.10 Å². The molecular formula is C23H23ClN2O4S. The number of carbonyl (C=O) groups is 1. The first kappa shape index (κ1) is 22.7. The quantitative estimate of drug-likeness (QED) is 0.512. The maximum atomic E-state index is 12.6. The lowest BCUT2D eigenvalue weighted by Crippen LogP contribution is -2.30. The fourth-order valence-electron chi connectivity index (χ4n) is 2.82. The minimum Gasteiger partial charge on any atom is -0.481 e. The summed E-state index contributed by atoms with van der Waals surface area (Å²) in [5.41, 5.74) is 2.88. The molecule has 0 fully saturated rings. The molecule has 0 heterocycles. The average Bonchev–Trinajstić information content (AvgIpc) is 2.71. The summed E-state index contributed by atoms with van der Waals surface area (Å²) in [6.45, 7) is 5.57. The van der Waals surface area contributed by atoms with Gasteiger partial charge in [0.1, 0.15) is 5.75 Å². The molecule has 0 radical (unpaired) electrons. The van der Waals surface area contributed by atoms with Crippen molar-refractivity contribution in [2.75, 3.05) is 10.0 Å². The van der Waals surface area contributed by atoms with Gasteiger partial charge in [-0.1, -0.05) is 29.8 Å². The maximum absolute atomic E-state index is 12.6. The van der Waals surface area contributed by atoms with Gasteiger partial charge in [0.25, 0.3) is 15.9 Å². The van der Waals surface area contributed by atoms with Crippen molar-refractivity contribution in [3.8, 4) is 5.75 Å². The molecule has 0 spiro atoms. The van der Waals surface area contributed by atoms with Crippen molar-refractivity contribution in [3.05, 3.63) is 82.9 Å². The van der Waals surface area contributed by atoms with Crippen LogP contribution in [0.1, 0.15) is 18.1 Å². The van der Waals surface area contributed by atoms with E-state index in [1.807, 2.05) is 32.0 Å². The highest BCUT2D eigenvalue weighted by molar-refractivity contribution is 7.92. The van der Waals surface area contributed by atoms with Crippen molar-refractivity contribution in [2.45, 2.75) is 31.8 Å². The number of aryl methyl sites for hydroxylation is 1. The molecule has 0 saturated heterocycles. The number of rotatable bonds is 7. The first-order valence-corrected chi connectivity index (χ1v) is 11.4. The molecule has 1 amide bonds. The van der Waals surface area contributed by atoms with E-state index in [4.69, 9.17) is 16.3 Å². The molecule has 3 aromatic rings. The summed E-state index contributed by atoms with van der Waals surface area (Å²) < 4.78 is 33.4. The predicted molar refractivity (Wildman–Crippen MR) is 123 cm³/mol. The fraction of sp³-hybridized carbons (Fsp3) is 0.174. The minimum absolute atomic E-state index is 0.0603. The van der Waals surface area contributed by atoms with Crippen LogP contribution in [-0.2, 0) is 14.8 Å². The molecule has 3 rings (SSSR count). The highest BCUT2D eigenvalue weighted by Gasteiger charge is 2.18. The molecule has 162 valence electrons. The van der Waals surface area contributed by atoms with Gasteiger partial charge in [0.05, 0.1) is 10.6 Å². The third-order valence-electron chi connectivity index (χ3n) is 4.74. The van der Waals surface area contributed by atoms with E-state index in [1.165, 1.54) is 30.3 Å². The second-order valence-corrected chi connectivity index (χ2v) is 9.21. The van der Waals surface area contributed by atoms with E-state index >= 15 is 0 Å². The molecule has 0 aromatic heterocycles. The lowest BCUT2D eigenvalue weighted by molar-refractivity contribution is -0.122. The number of anilines is 2. The van der Waals surface area contributed by atoms with Crippen LogP contribution in [0.3, 0.4) is 0 Å². The van der Waals surface area contributed by atoms with Crippen LogP contribution in [0.2, 0.25) is 5.02 Å². The smallest absolute Gasteiger partial charge is 0.265 e. The third-order valence-corrected chi connectivity index (χ3v) is 6.37. The number of benzene rings is 3. The number of halogens is 1.